The van der Waals surface area contributed by atoms with Gasteiger partial charge in [0, 0.05) is 6.42 Å². The van der Waals surface area contributed by atoms with Crippen molar-refractivity contribution in [1.82, 2.24) is 5.32 Å². The number of hydrogen-bond donors (Lipinski definition) is 2. The number of carbonyl (C=O) groups excluding carboxylic acids is 1. The zero-order valence-electron chi connectivity index (χ0n) is 13.3. The van der Waals surface area contributed by atoms with E-state index in [-0.39, 0.29) is 17.4 Å². The zero-order valence-corrected chi connectivity index (χ0v) is 14.1. The summed E-state index contributed by atoms with van der Waals surface area (Å²) in [5.41, 5.74) is 0.618. The van der Waals surface area contributed by atoms with Gasteiger partial charge in [-0.1, -0.05) is 48.0 Å². The Hall–Kier alpha value is -2.40. The number of rotatable bonds is 6. The number of hydrogen-bond acceptors (Lipinski definition) is 2. The van der Waals surface area contributed by atoms with E-state index in [9.17, 15) is 19.1 Å². The van der Waals surface area contributed by atoms with Gasteiger partial charge >= 0.3 is 5.97 Å². The lowest BCUT2D eigenvalue weighted by Gasteiger charge is -2.20. The third-order valence-corrected chi connectivity index (χ3v) is 4.83. The van der Waals surface area contributed by atoms with Crippen LogP contribution in [0.1, 0.15) is 24.0 Å². The molecule has 2 aromatic carbocycles. The van der Waals surface area contributed by atoms with Crippen LogP contribution in [0.25, 0.3) is 0 Å². The van der Waals surface area contributed by atoms with E-state index in [1.54, 1.807) is 0 Å². The van der Waals surface area contributed by atoms with Gasteiger partial charge in [-0.3, -0.25) is 4.79 Å². The van der Waals surface area contributed by atoms with Gasteiger partial charge in [0.1, 0.15) is 11.9 Å². The summed E-state index contributed by atoms with van der Waals surface area (Å²) in [4.78, 5) is 24.3. The third kappa shape index (κ3) is 3.66. The van der Waals surface area contributed by atoms with Gasteiger partial charge in [-0.15, -0.1) is 0 Å². The topological polar surface area (TPSA) is 66.4 Å². The number of carbonyl (C=O) groups is 2. The van der Waals surface area contributed by atoms with Gasteiger partial charge in [-0.2, -0.15) is 0 Å². The van der Waals surface area contributed by atoms with Crippen LogP contribution >= 0.6 is 11.6 Å². The van der Waals surface area contributed by atoms with E-state index >= 15 is 0 Å². The Balaban J connectivity index is 1.77. The first-order valence-electron chi connectivity index (χ1n) is 7.95. The average Bonchev–Trinajstić information content (AvgIpc) is 3.39. The van der Waals surface area contributed by atoms with E-state index in [1.807, 2.05) is 30.3 Å². The van der Waals surface area contributed by atoms with Crippen LogP contribution in [0.5, 0.6) is 0 Å². The molecule has 2 N–H and O–H groups in total. The van der Waals surface area contributed by atoms with Crippen molar-refractivity contribution < 1.29 is 19.1 Å². The maximum Gasteiger partial charge on any atom is 0.326 e. The molecule has 0 unspecified atom stereocenters. The fourth-order valence-electron chi connectivity index (χ4n) is 2.91. The Morgan fingerprint density at radius 2 is 1.88 bits per heavy atom. The van der Waals surface area contributed by atoms with Gasteiger partial charge in [0.25, 0.3) is 0 Å². The summed E-state index contributed by atoms with van der Waals surface area (Å²) in [6.07, 6.45) is 1.36. The largest absolute Gasteiger partial charge is 0.480 e. The first-order valence-corrected chi connectivity index (χ1v) is 8.33. The molecule has 25 heavy (non-hydrogen) atoms. The molecule has 1 aliphatic rings. The van der Waals surface area contributed by atoms with Gasteiger partial charge in [-0.05, 0) is 36.1 Å². The SMILES string of the molecule is O=C(O)[C@@H](Cc1ccccc1)NC(=O)C1(c2ccc(F)c(Cl)c2)CC1. The van der Waals surface area contributed by atoms with Crippen LogP contribution in [0.3, 0.4) is 0 Å². The molecular weight excluding hydrogens is 345 g/mol. The average molecular weight is 362 g/mol. The highest BCUT2D eigenvalue weighted by Gasteiger charge is 2.52. The monoisotopic (exact) mass is 361 g/mol. The zero-order chi connectivity index (χ0) is 18.0. The van der Waals surface area contributed by atoms with Crippen molar-refractivity contribution in [3.8, 4) is 0 Å². The number of halogens is 2. The van der Waals surface area contributed by atoms with Crippen molar-refractivity contribution in [3.05, 3.63) is 70.5 Å². The molecule has 130 valence electrons. The number of nitrogens with one attached hydrogen (secondary N) is 1. The second-order valence-electron chi connectivity index (χ2n) is 6.27. The molecule has 0 saturated heterocycles. The van der Waals surface area contributed by atoms with Crippen molar-refractivity contribution >= 4 is 23.5 Å². The summed E-state index contributed by atoms with van der Waals surface area (Å²) in [5, 5.41) is 12.0. The molecule has 3 rings (SSSR count). The number of benzene rings is 2. The molecule has 0 aliphatic heterocycles. The summed E-state index contributed by atoms with van der Waals surface area (Å²) < 4.78 is 13.4. The molecule has 0 radical (unpaired) electrons. The van der Waals surface area contributed by atoms with Gasteiger partial charge in [0.15, 0.2) is 0 Å². The highest BCUT2D eigenvalue weighted by molar-refractivity contribution is 6.30. The van der Waals surface area contributed by atoms with Crippen LogP contribution in [0.15, 0.2) is 48.5 Å². The lowest BCUT2D eigenvalue weighted by atomic mass is 9.94. The molecule has 1 fully saturated rings. The highest BCUT2D eigenvalue weighted by atomic mass is 35.5. The van der Waals surface area contributed by atoms with Crippen LogP contribution in [0.4, 0.5) is 4.39 Å². The number of amides is 1. The van der Waals surface area contributed by atoms with E-state index in [1.165, 1.54) is 18.2 Å². The lowest BCUT2D eigenvalue weighted by Crippen LogP contribution is -2.46. The molecule has 6 heteroatoms. The van der Waals surface area contributed by atoms with Gasteiger partial charge < -0.3 is 10.4 Å². The molecule has 0 bridgehead atoms. The standard InChI is InChI=1S/C19H17ClFNO3/c20-14-11-13(6-7-15(14)21)19(8-9-19)18(25)22-16(17(23)24)10-12-4-2-1-3-5-12/h1-7,11,16H,8-10H2,(H,22,25)(H,23,24)/t16-/m1/s1. The first-order chi connectivity index (χ1) is 11.9. The fraction of sp³-hybridized carbons (Fsp3) is 0.263. The smallest absolute Gasteiger partial charge is 0.326 e. The molecule has 1 amide bonds. The van der Waals surface area contributed by atoms with Crippen LogP contribution in [-0.4, -0.2) is 23.0 Å². The summed E-state index contributed by atoms with van der Waals surface area (Å²) in [7, 11) is 0. The lowest BCUT2D eigenvalue weighted by molar-refractivity contribution is -0.142. The fourth-order valence-corrected chi connectivity index (χ4v) is 3.09. The van der Waals surface area contributed by atoms with Gasteiger partial charge in [0.05, 0.1) is 10.4 Å². The minimum absolute atomic E-state index is 0.0457. The van der Waals surface area contributed by atoms with Crippen LogP contribution in [0.2, 0.25) is 5.02 Å². The van der Waals surface area contributed by atoms with Crippen molar-refractivity contribution in [2.75, 3.05) is 0 Å². The summed E-state index contributed by atoms with van der Waals surface area (Å²) >= 11 is 5.82. The molecule has 1 atom stereocenters. The Bertz CT molecular complexity index is 806. The predicted octanol–water partition coefficient (Wildman–Crippen LogP) is 3.32. The Morgan fingerprint density at radius 1 is 1.20 bits per heavy atom. The molecule has 2 aromatic rings. The molecule has 1 saturated carbocycles. The second-order valence-corrected chi connectivity index (χ2v) is 6.67. The summed E-state index contributed by atoms with van der Waals surface area (Å²) in [6, 6.07) is 12.3. The van der Waals surface area contributed by atoms with Crippen molar-refractivity contribution in [1.29, 1.82) is 0 Å². The quantitative estimate of drug-likeness (QED) is 0.829. The molecule has 1 aliphatic carbocycles. The Morgan fingerprint density at radius 3 is 2.44 bits per heavy atom. The second kappa shape index (κ2) is 6.84. The molecule has 0 heterocycles. The number of carboxylic acid groups (broad SMARTS) is 1. The summed E-state index contributed by atoms with van der Waals surface area (Å²) in [5.74, 6) is -2.00. The van der Waals surface area contributed by atoms with E-state index < -0.39 is 23.2 Å². The molecule has 4 nitrogen and oxygen atoms in total. The van der Waals surface area contributed by atoms with E-state index in [0.717, 1.165) is 5.56 Å². The normalized spacial score (nSPS) is 16.1. The van der Waals surface area contributed by atoms with Gasteiger partial charge in [-0.25, -0.2) is 9.18 Å². The van der Waals surface area contributed by atoms with E-state index in [2.05, 4.69) is 5.32 Å². The third-order valence-electron chi connectivity index (χ3n) is 4.54. The van der Waals surface area contributed by atoms with Crippen molar-refractivity contribution in [3.63, 3.8) is 0 Å². The maximum atomic E-state index is 13.4. The van der Waals surface area contributed by atoms with Crippen molar-refractivity contribution in [2.45, 2.75) is 30.7 Å². The predicted molar refractivity (Wildman–Crippen MR) is 92.0 cm³/mol. The van der Waals surface area contributed by atoms with Crippen molar-refractivity contribution in [2.24, 2.45) is 0 Å². The minimum atomic E-state index is -1.09. The number of carboxylic acids is 1. The van der Waals surface area contributed by atoms with E-state index in [0.29, 0.717) is 18.4 Å². The Kier molecular flexibility index (Phi) is 4.77. The van der Waals surface area contributed by atoms with Crippen LogP contribution < -0.4 is 5.32 Å². The maximum absolute atomic E-state index is 13.4. The highest BCUT2D eigenvalue weighted by Crippen LogP contribution is 2.49. The summed E-state index contributed by atoms with van der Waals surface area (Å²) in [6.45, 7) is 0. The minimum Gasteiger partial charge on any atom is -0.480 e. The molecule has 0 aromatic heterocycles. The van der Waals surface area contributed by atoms with Gasteiger partial charge in [0.2, 0.25) is 5.91 Å². The van der Waals surface area contributed by atoms with E-state index in [4.69, 9.17) is 11.6 Å². The molecular formula is C19H17ClFNO3. The van der Waals surface area contributed by atoms with Crippen LogP contribution in [-0.2, 0) is 21.4 Å². The molecule has 0 spiro atoms. The number of aliphatic carboxylic acids is 1. The van der Waals surface area contributed by atoms with Crippen LogP contribution in [0, 0.1) is 5.82 Å². The first kappa shape index (κ1) is 17.4. The Labute approximate surface area is 149 Å².